The van der Waals surface area contributed by atoms with Crippen molar-refractivity contribution in [3.63, 3.8) is 0 Å². The molecule has 9 aromatic rings. The molecule has 49 heavy (non-hydrogen) atoms. The van der Waals surface area contributed by atoms with E-state index in [0.717, 1.165) is 44.6 Å². The molecule has 9 rings (SSSR count). The van der Waals surface area contributed by atoms with Gasteiger partial charge in [-0.05, 0) is 58.7 Å². The number of aromatic nitrogens is 4. The van der Waals surface area contributed by atoms with Crippen molar-refractivity contribution in [2.45, 2.75) is 0 Å². The highest BCUT2D eigenvalue weighted by Gasteiger charge is 2.16. The van der Waals surface area contributed by atoms with Crippen LogP contribution in [0.3, 0.4) is 0 Å². The molecule has 0 saturated heterocycles. The summed E-state index contributed by atoms with van der Waals surface area (Å²) < 4.78 is 2.35. The predicted octanol–water partition coefficient (Wildman–Crippen LogP) is 11.3. The maximum absolute atomic E-state index is 5.08. The van der Waals surface area contributed by atoms with E-state index in [1.54, 1.807) is 0 Å². The third-order valence-electron chi connectivity index (χ3n) is 9.04. The average molecular weight is 627 g/mol. The summed E-state index contributed by atoms with van der Waals surface area (Å²) in [4.78, 5) is 15.1. The van der Waals surface area contributed by atoms with Gasteiger partial charge in [0.05, 0.1) is 11.0 Å². The zero-order valence-corrected chi connectivity index (χ0v) is 26.6. The molecule has 0 saturated carbocycles. The molecular formula is C45H30N4. The second-order valence-corrected chi connectivity index (χ2v) is 12.1. The highest BCUT2D eigenvalue weighted by Crippen LogP contribution is 2.36. The molecule has 230 valence electrons. The highest BCUT2D eigenvalue weighted by atomic mass is 15.0. The van der Waals surface area contributed by atoms with Gasteiger partial charge in [0, 0.05) is 33.2 Å². The summed E-state index contributed by atoms with van der Waals surface area (Å²) in [6.45, 7) is 0. The molecule has 0 amide bonds. The van der Waals surface area contributed by atoms with Crippen LogP contribution in [0.1, 0.15) is 0 Å². The Balaban J connectivity index is 1.18. The number of rotatable bonds is 6. The van der Waals surface area contributed by atoms with Gasteiger partial charge in [-0.3, -0.25) is 0 Å². The van der Waals surface area contributed by atoms with Gasteiger partial charge in [-0.2, -0.15) is 0 Å². The maximum atomic E-state index is 5.08. The normalized spacial score (nSPS) is 11.3. The average Bonchev–Trinajstić information content (AvgIpc) is 3.52. The van der Waals surface area contributed by atoms with Gasteiger partial charge in [0.25, 0.3) is 0 Å². The van der Waals surface area contributed by atoms with Gasteiger partial charge >= 0.3 is 0 Å². The van der Waals surface area contributed by atoms with E-state index >= 15 is 0 Å². The third kappa shape index (κ3) is 5.35. The summed E-state index contributed by atoms with van der Waals surface area (Å²) >= 11 is 0. The lowest BCUT2D eigenvalue weighted by Crippen LogP contribution is -2.00. The van der Waals surface area contributed by atoms with Gasteiger partial charge < -0.3 is 4.57 Å². The van der Waals surface area contributed by atoms with E-state index in [4.69, 9.17) is 15.0 Å². The van der Waals surface area contributed by atoms with Gasteiger partial charge in [-0.15, -0.1) is 0 Å². The second kappa shape index (κ2) is 12.2. The predicted molar refractivity (Wildman–Crippen MR) is 201 cm³/mol. The Bertz CT molecular complexity index is 2590. The molecule has 0 unspecified atom stereocenters. The molecule has 4 heteroatoms. The van der Waals surface area contributed by atoms with Gasteiger partial charge in [0.15, 0.2) is 17.5 Å². The van der Waals surface area contributed by atoms with Gasteiger partial charge in [0.1, 0.15) is 0 Å². The van der Waals surface area contributed by atoms with Gasteiger partial charge in [0.2, 0.25) is 0 Å². The van der Waals surface area contributed by atoms with Crippen molar-refractivity contribution in [3.05, 3.63) is 182 Å². The molecule has 0 fully saturated rings. The monoisotopic (exact) mass is 626 g/mol. The molecule has 0 aliphatic rings. The number of fused-ring (bicyclic) bond motifs is 3. The van der Waals surface area contributed by atoms with Gasteiger partial charge in [-0.25, -0.2) is 15.0 Å². The van der Waals surface area contributed by atoms with Crippen molar-refractivity contribution in [3.8, 4) is 62.1 Å². The van der Waals surface area contributed by atoms with Crippen LogP contribution >= 0.6 is 0 Å². The highest BCUT2D eigenvalue weighted by molar-refractivity contribution is 6.10. The molecule has 7 aromatic carbocycles. The largest absolute Gasteiger partial charge is 0.309 e. The first kappa shape index (κ1) is 28.6. The summed E-state index contributed by atoms with van der Waals surface area (Å²) in [6, 6.07) is 63.4. The minimum atomic E-state index is 0.635. The summed E-state index contributed by atoms with van der Waals surface area (Å²) in [5.74, 6) is 1.92. The standard InChI is InChI=1S/C45H30N4/c1-4-14-31(15-5-1)33-18-12-20-36(28-33)44-46-43(32-16-6-2-7-17-32)47-45(48-44)37-21-13-19-34(29-37)35-26-27-40-39-24-10-11-25-41(39)49(42(40)30-35)38-22-8-3-9-23-38/h1-30H. The molecule has 2 aromatic heterocycles. The Morgan fingerprint density at radius 2 is 0.735 bits per heavy atom. The van der Waals surface area contributed by atoms with E-state index in [1.165, 1.54) is 21.8 Å². The molecule has 4 nitrogen and oxygen atoms in total. The fourth-order valence-electron chi connectivity index (χ4n) is 6.66. The smallest absolute Gasteiger partial charge is 0.164 e. The minimum Gasteiger partial charge on any atom is -0.309 e. The third-order valence-corrected chi connectivity index (χ3v) is 9.04. The van der Waals surface area contributed by atoms with Crippen molar-refractivity contribution in [2.75, 3.05) is 0 Å². The Labute approximate surface area is 284 Å². The van der Waals surface area contributed by atoms with Gasteiger partial charge in [-0.1, -0.05) is 146 Å². The van der Waals surface area contributed by atoms with E-state index in [9.17, 15) is 0 Å². The minimum absolute atomic E-state index is 0.635. The Morgan fingerprint density at radius 3 is 1.39 bits per heavy atom. The van der Waals surface area contributed by atoms with Crippen LogP contribution in [0.2, 0.25) is 0 Å². The lowest BCUT2D eigenvalue weighted by Gasteiger charge is -2.11. The first-order valence-electron chi connectivity index (χ1n) is 16.5. The van der Waals surface area contributed by atoms with Crippen LogP contribution in [0.4, 0.5) is 0 Å². The molecule has 2 heterocycles. The van der Waals surface area contributed by atoms with E-state index in [2.05, 4.69) is 150 Å². The first-order chi connectivity index (χ1) is 24.3. The summed E-state index contributed by atoms with van der Waals surface area (Å²) in [7, 11) is 0. The number of hydrogen-bond donors (Lipinski definition) is 0. The first-order valence-corrected chi connectivity index (χ1v) is 16.5. The van der Waals surface area contributed by atoms with Crippen molar-refractivity contribution >= 4 is 21.8 Å². The van der Waals surface area contributed by atoms with Crippen LogP contribution in [0.5, 0.6) is 0 Å². The van der Waals surface area contributed by atoms with Crippen LogP contribution in [0, 0.1) is 0 Å². The van der Waals surface area contributed by atoms with Crippen LogP contribution in [-0.2, 0) is 0 Å². The molecule has 0 radical (unpaired) electrons. The van der Waals surface area contributed by atoms with Crippen LogP contribution in [-0.4, -0.2) is 19.5 Å². The number of hydrogen-bond acceptors (Lipinski definition) is 3. The Morgan fingerprint density at radius 1 is 0.286 bits per heavy atom. The topological polar surface area (TPSA) is 43.6 Å². The van der Waals surface area contributed by atoms with E-state index in [0.29, 0.717) is 17.5 Å². The fourth-order valence-corrected chi connectivity index (χ4v) is 6.66. The SMILES string of the molecule is c1ccc(-c2cccc(-c3nc(-c4ccccc4)nc(-c4cccc(-c5ccc6c7ccccc7n(-c7ccccc7)c6c5)c4)n3)c2)cc1. The Kier molecular flexibility index (Phi) is 7.10. The van der Waals surface area contributed by atoms with E-state index in [-0.39, 0.29) is 0 Å². The fraction of sp³-hybridized carbons (Fsp3) is 0. The summed E-state index contributed by atoms with van der Waals surface area (Å²) in [5, 5.41) is 2.47. The van der Waals surface area contributed by atoms with Crippen molar-refractivity contribution in [1.29, 1.82) is 0 Å². The molecule has 0 aliphatic heterocycles. The zero-order valence-electron chi connectivity index (χ0n) is 26.6. The Hall–Kier alpha value is -6.65. The molecule has 0 aliphatic carbocycles. The van der Waals surface area contributed by atoms with E-state index < -0.39 is 0 Å². The maximum Gasteiger partial charge on any atom is 0.164 e. The molecule has 0 atom stereocenters. The lowest BCUT2D eigenvalue weighted by molar-refractivity contribution is 1.07. The lowest BCUT2D eigenvalue weighted by atomic mass is 10.0. The van der Waals surface area contributed by atoms with Crippen LogP contribution < -0.4 is 0 Å². The quantitative estimate of drug-likeness (QED) is 0.184. The van der Waals surface area contributed by atoms with Crippen LogP contribution in [0.25, 0.3) is 83.9 Å². The van der Waals surface area contributed by atoms with Crippen molar-refractivity contribution in [2.24, 2.45) is 0 Å². The van der Waals surface area contributed by atoms with E-state index in [1.807, 2.05) is 36.4 Å². The zero-order chi connectivity index (χ0) is 32.6. The summed E-state index contributed by atoms with van der Waals surface area (Å²) in [5.41, 5.74) is 10.8. The molecule has 0 spiro atoms. The number of para-hydroxylation sites is 2. The van der Waals surface area contributed by atoms with Crippen molar-refractivity contribution < 1.29 is 0 Å². The molecular weight excluding hydrogens is 597 g/mol. The second-order valence-electron chi connectivity index (χ2n) is 12.1. The number of nitrogens with zero attached hydrogens (tertiary/aromatic N) is 4. The van der Waals surface area contributed by atoms with Crippen molar-refractivity contribution in [1.82, 2.24) is 19.5 Å². The van der Waals surface area contributed by atoms with Crippen LogP contribution in [0.15, 0.2) is 182 Å². The number of benzene rings is 7. The molecule has 0 N–H and O–H groups in total. The summed E-state index contributed by atoms with van der Waals surface area (Å²) in [6.07, 6.45) is 0. The molecule has 0 bridgehead atoms.